The predicted molar refractivity (Wildman–Crippen MR) is 105 cm³/mol. The minimum atomic E-state index is -0.622. The van der Waals surface area contributed by atoms with Crippen LogP contribution in [0, 0.1) is 0 Å². The fraction of sp³-hybridized carbons (Fsp3) is 0.200. The number of halogens is 2. The lowest BCUT2D eigenvalue weighted by molar-refractivity contribution is -0.119. The first-order valence-electron chi connectivity index (χ1n) is 8.33. The van der Waals surface area contributed by atoms with Gasteiger partial charge in [0, 0.05) is 5.02 Å². The number of methoxy groups -OCH3 is 1. The summed E-state index contributed by atoms with van der Waals surface area (Å²) in [6, 6.07) is 11.6. The van der Waals surface area contributed by atoms with Gasteiger partial charge in [0.15, 0.2) is 0 Å². The minimum Gasteiger partial charge on any atom is -0.495 e. The molecule has 140 valence electrons. The second-order valence-corrected chi connectivity index (χ2v) is 6.64. The van der Waals surface area contributed by atoms with E-state index in [1.165, 1.54) is 13.2 Å². The van der Waals surface area contributed by atoms with E-state index in [-0.39, 0.29) is 16.3 Å². The number of ether oxygens (including phenoxy) is 2. The molecule has 0 fully saturated rings. The summed E-state index contributed by atoms with van der Waals surface area (Å²) in [5.74, 6) is -0.131. The number of nitrogens with zero attached hydrogens (tertiary/aromatic N) is 1. The third-order valence-electron chi connectivity index (χ3n) is 4.02. The van der Waals surface area contributed by atoms with Crippen LogP contribution in [-0.4, -0.2) is 25.5 Å². The summed E-state index contributed by atoms with van der Waals surface area (Å²) in [7, 11) is 1.45. The Morgan fingerprint density at radius 3 is 2.33 bits per heavy atom. The zero-order valence-electron chi connectivity index (χ0n) is 14.8. The predicted octanol–water partition coefficient (Wildman–Crippen LogP) is 4.66. The van der Waals surface area contributed by atoms with Gasteiger partial charge in [0.25, 0.3) is 11.8 Å². The van der Waals surface area contributed by atoms with Crippen molar-refractivity contribution in [2.24, 2.45) is 0 Å². The average molecular weight is 406 g/mol. The Hall–Kier alpha value is -2.50. The summed E-state index contributed by atoms with van der Waals surface area (Å²) < 4.78 is 10.8. The lowest BCUT2D eigenvalue weighted by Gasteiger charge is -2.18. The molecule has 5 nitrogen and oxygen atoms in total. The molecule has 0 atom stereocenters. The molecule has 0 aliphatic carbocycles. The van der Waals surface area contributed by atoms with E-state index in [9.17, 15) is 9.59 Å². The van der Waals surface area contributed by atoms with E-state index in [1.54, 1.807) is 36.4 Å². The van der Waals surface area contributed by atoms with Crippen LogP contribution >= 0.6 is 23.2 Å². The number of rotatable bonds is 6. The Labute approximate surface area is 167 Å². The van der Waals surface area contributed by atoms with Crippen LogP contribution in [0.4, 0.5) is 5.69 Å². The van der Waals surface area contributed by atoms with Crippen molar-refractivity contribution < 1.29 is 19.1 Å². The molecule has 3 rings (SSSR count). The summed E-state index contributed by atoms with van der Waals surface area (Å²) >= 11 is 12.3. The van der Waals surface area contributed by atoms with E-state index in [1.807, 2.05) is 6.92 Å². The van der Waals surface area contributed by atoms with Gasteiger partial charge in [-0.1, -0.05) is 42.3 Å². The molecule has 0 bridgehead atoms. The first kappa shape index (κ1) is 19.3. The molecule has 0 unspecified atom stereocenters. The number of carbonyl (C=O) groups is 2. The van der Waals surface area contributed by atoms with Crippen LogP contribution < -0.4 is 14.4 Å². The van der Waals surface area contributed by atoms with Crippen molar-refractivity contribution in [2.75, 3.05) is 18.6 Å². The fourth-order valence-corrected chi connectivity index (χ4v) is 3.19. The van der Waals surface area contributed by atoms with Crippen LogP contribution in [0.2, 0.25) is 5.02 Å². The van der Waals surface area contributed by atoms with Crippen molar-refractivity contribution in [3.63, 3.8) is 0 Å². The Morgan fingerprint density at radius 1 is 1.00 bits per heavy atom. The molecule has 2 amide bonds. The molecule has 0 N–H and O–H groups in total. The third-order valence-corrected chi connectivity index (χ3v) is 4.61. The van der Waals surface area contributed by atoms with Gasteiger partial charge in [-0.2, -0.15) is 0 Å². The van der Waals surface area contributed by atoms with Crippen LogP contribution in [0.25, 0.3) is 5.57 Å². The lowest BCUT2D eigenvalue weighted by atomic mass is 10.1. The van der Waals surface area contributed by atoms with E-state index in [2.05, 4.69) is 0 Å². The lowest BCUT2D eigenvalue weighted by Crippen LogP contribution is -2.31. The number of carbonyl (C=O) groups excluding carboxylic acids is 2. The molecule has 0 radical (unpaired) electrons. The van der Waals surface area contributed by atoms with E-state index in [0.717, 1.165) is 11.3 Å². The SMILES string of the molecule is CCCOc1ccc(C2=C(Cl)C(=O)N(c3cc(Cl)ccc3OC)C2=O)cc1. The van der Waals surface area contributed by atoms with E-state index in [4.69, 9.17) is 32.7 Å². The van der Waals surface area contributed by atoms with Gasteiger partial charge in [-0.15, -0.1) is 0 Å². The molecule has 7 heteroatoms. The Morgan fingerprint density at radius 2 is 1.70 bits per heavy atom. The van der Waals surface area contributed by atoms with Crippen molar-refractivity contribution in [3.05, 3.63) is 58.1 Å². The molecule has 0 aromatic heterocycles. The summed E-state index contributed by atoms with van der Waals surface area (Å²) in [6.45, 7) is 2.61. The maximum Gasteiger partial charge on any atom is 0.277 e. The van der Waals surface area contributed by atoms with E-state index >= 15 is 0 Å². The topological polar surface area (TPSA) is 55.8 Å². The van der Waals surface area contributed by atoms with Crippen LogP contribution in [0.5, 0.6) is 11.5 Å². The molecule has 27 heavy (non-hydrogen) atoms. The zero-order valence-corrected chi connectivity index (χ0v) is 16.3. The van der Waals surface area contributed by atoms with E-state index < -0.39 is 11.8 Å². The van der Waals surface area contributed by atoms with Gasteiger partial charge in [-0.3, -0.25) is 9.59 Å². The monoisotopic (exact) mass is 405 g/mol. The molecule has 1 aliphatic heterocycles. The average Bonchev–Trinajstić information content (AvgIpc) is 2.89. The second kappa shape index (κ2) is 8.03. The number of imide groups is 1. The van der Waals surface area contributed by atoms with Crippen molar-refractivity contribution in [2.45, 2.75) is 13.3 Å². The number of hydrogen-bond donors (Lipinski definition) is 0. The molecule has 0 saturated heterocycles. The summed E-state index contributed by atoms with van der Waals surface area (Å²) in [5.41, 5.74) is 0.910. The molecular formula is C20H17Cl2NO4. The van der Waals surface area contributed by atoms with Crippen LogP contribution in [0.3, 0.4) is 0 Å². The first-order valence-corrected chi connectivity index (χ1v) is 9.08. The quantitative estimate of drug-likeness (QED) is 0.655. The van der Waals surface area contributed by atoms with Gasteiger partial charge in [-0.05, 0) is 42.3 Å². The second-order valence-electron chi connectivity index (χ2n) is 5.82. The molecular weight excluding hydrogens is 389 g/mol. The van der Waals surface area contributed by atoms with Gasteiger partial charge in [0.05, 0.1) is 25.0 Å². The minimum absolute atomic E-state index is 0.130. The molecule has 0 spiro atoms. The maximum atomic E-state index is 13.0. The standard InChI is InChI=1S/C20H17Cl2NO4/c1-3-10-27-14-7-4-12(5-8-14)17-18(22)20(25)23(19(17)24)15-11-13(21)6-9-16(15)26-2/h4-9,11H,3,10H2,1-2H3. The van der Waals surface area contributed by atoms with Crippen molar-refractivity contribution in [1.29, 1.82) is 0 Å². The normalized spacial score (nSPS) is 14.1. The molecule has 1 heterocycles. The highest BCUT2D eigenvalue weighted by molar-refractivity contribution is 6.60. The highest BCUT2D eigenvalue weighted by Gasteiger charge is 2.40. The zero-order chi connectivity index (χ0) is 19.6. The first-order chi connectivity index (χ1) is 13.0. The van der Waals surface area contributed by atoms with Gasteiger partial charge < -0.3 is 9.47 Å². The molecule has 1 aliphatic rings. The molecule has 2 aromatic rings. The number of anilines is 1. The van der Waals surface area contributed by atoms with Gasteiger partial charge in [0.1, 0.15) is 16.5 Å². The van der Waals surface area contributed by atoms with Gasteiger partial charge in [0.2, 0.25) is 0 Å². The van der Waals surface area contributed by atoms with Crippen molar-refractivity contribution in [3.8, 4) is 11.5 Å². The summed E-state index contributed by atoms with van der Waals surface area (Å²) in [6.07, 6.45) is 0.891. The van der Waals surface area contributed by atoms with E-state index in [0.29, 0.717) is 28.7 Å². The third kappa shape index (κ3) is 3.66. The molecule has 0 saturated carbocycles. The fourth-order valence-electron chi connectivity index (χ4n) is 2.75. The number of hydrogen-bond acceptors (Lipinski definition) is 4. The highest BCUT2D eigenvalue weighted by Crippen LogP contribution is 2.40. The van der Waals surface area contributed by atoms with Crippen LogP contribution in [0.15, 0.2) is 47.5 Å². The number of benzene rings is 2. The van der Waals surface area contributed by atoms with Gasteiger partial charge in [-0.25, -0.2) is 4.90 Å². The Balaban J connectivity index is 1.96. The summed E-state index contributed by atoms with van der Waals surface area (Å²) in [5, 5.41) is 0.220. The molecule has 2 aromatic carbocycles. The highest BCUT2D eigenvalue weighted by atomic mass is 35.5. The van der Waals surface area contributed by atoms with Crippen molar-refractivity contribution >= 4 is 46.3 Å². The van der Waals surface area contributed by atoms with Crippen molar-refractivity contribution in [1.82, 2.24) is 0 Å². The van der Waals surface area contributed by atoms with Crippen LogP contribution in [-0.2, 0) is 9.59 Å². The van der Waals surface area contributed by atoms with Crippen LogP contribution in [0.1, 0.15) is 18.9 Å². The maximum absolute atomic E-state index is 13.0. The smallest absolute Gasteiger partial charge is 0.277 e. The summed E-state index contributed by atoms with van der Waals surface area (Å²) in [4.78, 5) is 26.7. The number of amides is 2. The Kier molecular flexibility index (Phi) is 5.73. The van der Waals surface area contributed by atoms with Gasteiger partial charge >= 0.3 is 0 Å². The Bertz CT molecular complexity index is 922. The largest absolute Gasteiger partial charge is 0.495 e.